The lowest BCUT2D eigenvalue weighted by Crippen LogP contribution is -2.47. The van der Waals surface area contributed by atoms with Gasteiger partial charge in [-0.2, -0.15) is 0 Å². The number of hydrogen-bond acceptors (Lipinski definition) is 5. The van der Waals surface area contributed by atoms with Crippen molar-refractivity contribution in [2.24, 2.45) is 11.3 Å². The molecule has 0 spiro atoms. The van der Waals surface area contributed by atoms with Gasteiger partial charge >= 0.3 is 0 Å². The van der Waals surface area contributed by atoms with Crippen LogP contribution in [0.5, 0.6) is 0 Å². The second kappa shape index (κ2) is 8.79. The van der Waals surface area contributed by atoms with Crippen molar-refractivity contribution in [2.45, 2.75) is 59.2 Å². The summed E-state index contributed by atoms with van der Waals surface area (Å²) in [7, 11) is 0. The molecule has 5 nitrogen and oxygen atoms in total. The average Bonchev–Trinajstić information content (AvgIpc) is 3.24. The molecule has 3 rings (SSSR count). The molecule has 146 valence electrons. The van der Waals surface area contributed by atoms with E-state index in [1.807, 2.05) is 12.3 Å². The average molecular weight is 360 g/mol. The standard InChI is InChI=1S/C21H37N5/c1-5-26-12-8-10-19(26)16-25(15-18-9-6-7-11-22-18)14-17-13-23-24-20(17)21(2,3)4/h6-7,9,11,17,19-20,23-24H,5,8,10,12-16H2,1-4H3. The first-order valence-electron chi connectivity index (χ1n) is 10.3. The third-order valence-electron chi connectivity index (χ3n) is 6.00. The quantitative estimate of drug-likeness (QED) is 0.783. The molecule has 0 saturated carbocycles. The molecular formula is C21H37N5. The molecule has 26 heavy (non-hydrogen) atoms. The Bertz CT molecular complexity index is 541. The van der Waals surface area contributed by atoms with Gasteiger partial charge in [0.25, 0.3) is 0 Å². The lowest BCUT2D eigenvalue weighted by Gasteiger charge is -2.36. The zero-order valence-corrected chi connectivity index (χ0v) is 17.0. The van der Waals surface area contributed by atoms with Gasteiger partial charge in [-0.1, -0.05) is 33.8 Å². The molecule has 2 fully saturated rings. The van der Waals surface area contributed by atoms with Crippen LogP contribution in [0.1, 0.15) is 46.2 Å². The zero-order chi connectivity index (χ0) is 18.6. The minimum Gasteiger partial charge on any atom is -0.299 e. The minimum absolute atomic E-state index is 0.258. The van der Waals surface area contributed by atoms with Crippen LogP contribution in [-0.2, 0) is 6.54 Å². The van der Waals surface area contributed by atoms with Gasteiger partial charge in [0.2, 0.25) is 0 Å². The Balaban J connectivity index is 1.70. The Morgan fingerprint density at radius 1 is 1.27 bits per heavy atom. The molecule has 2 N–H and O–H groups in total. The van der Waals surface area contributed by atoms with Gasteiger partial charge in [0.1, 0.15) is 0 Å². The highest BCUT2D eigenvalue weighted by molar-refractivity contribution is 5.04. The van der Waals surface area contributed by atoms with Crippen molar-refractivity contribution in [2.75, 3.05) is 32.7 Å². The van der Waals surface area contributed by atoms with Crippen molar-refractivity contribution in [3.05, 3.63) is 30.1 Å². The zero-order valence-electron chi connectivity index (χ0n) is 17.0. The molecule has 0 radical (unpaired) electrons. The number of rotatable bonds is 7. The van der Waals surface area contributed by atoms with E-state index in [9.17, 15) is 0 Å². The van der Waals surface area contributed by atoms with Crippen molar-refractivity contribution >= 4 is 0 Å². The van der Waals surface area contributed by atoms with Crippen LogP contribution in [0.4, 0.5) is 0 Å². The van der Waals surface area contributed by atoms with Crippen LogP contribution in [0.3, 0.4) is 0 Å². The van der Waals surface area contributed by atoms with Crippen molar-refractivity contribution < 1.29 is 0 Å². The highest BCUT2D eigenvalue weighted by Crippen LogP contribution is 2.28. The van der Waals surface area contributed by atoms with Crippen LogP contribution in [0, 0.1) is 11.3 Å². The molecule has 2 aliphatic heterocycles. The summed E-state index contributed by atoms with van der Waals surface area (Å²) in [5.41, 5.74) is 8.37. The molecule has 2 aliphatic rings. The predicted molar refractivity (Wildman–Crippen MR) is 108 cm³/mol. The van der Waals surface area contributed by atoms with E-state index in [1.165, 1.54) is 31.6 Å². The van der Waals surface area contributed by atoms with Crippen LogP contribution in [-0.4, -0.2) is 59.6 Å². The smallest absolute Gasteiger partial charge is 0.0543 e. The van der Waals surface area contributed by atoms with E-state index in [2.05, 4.69) is 65.5 Å². The molecule has 0 bridgehead atoms. The summed E-state index contributed by atoms with van der Waals surface area (Å²) in [6.45, 7) is 16.0. The molecule has 3 unspecified atom stereocenters. The number of likely N-dealkylation sites (tertiary alicyclic amines) is 1. The molecule has 0 aromatic carbocycles. The molecule has 2 saturated heterocycles. The van der Waals surface area contributed by atoms with E-state index < -0.39 is 0 Å². The molecule has 1 aromatic heterocycles. The molecular weight excluding hydrogens is 322 g/mol. The van der Waals surface area contributed by atoms with Gasteiger partial charge in [-0.25, -0.2) is 0 Å². The van der Waals surface area contributed by atoms with Crippen LogP contribution in [0.25, 0.3) is 0 Å². The Morgan fingerprint density at radius 3 is 2.81 bits per heavy atom. The number of likely N-dealkylation sites (N-methyl/N-ethyl adjacent to an activating group) is 1. The fourth-order valence-electron chi connectivity index (χ4n) is 4.70. The van der Waals surface area contributed by atoms with Gasteiger partial charge < -0.3 is 0 Å². The van der Waals surface area contributed by atoms with E-state index in [-0.39, 0.29) is 5.41 Å². The van der Waals surface area contributed by atoms with Gasteiger partial charge in [-0.15, -0.1) is 0 Å². The van der Waals surface area contributed by atoms with Crippen molar-refractivity contribution in [3.8, 4) is 0 Å². The Morgan fingerprint density at radius 2 is 2.12 bits per heavy atom. The normalized spacial score (nSPS) is 27.5. The Kier molecular flexibility index (Phi) is 6.67. The van der Waals surface area contributed by atoms with Gasteiger partial charge in [0.15, 0.2) is 0 Å². The van der Waals surface area contributed by atoms with E-state index in [4.69, 9.17) is 0 Å². The second-order valence-corrected chi connectivity index (χ2v) is 9.07. The van der Waals surface area contributed by atoms with Gasteiger partial charge in [-0.3, -0.25) is 25.6 Å². The summed E-state index contributed by atoms with van der Waals surface area (Å²) >= 11 is 0. The molecule has 0 amide bonds. The molecule has 1 aromatic rings. The van der Waals surface area contributed by atoms with E-state index >= 15 is 0 Å². The fourth-order valence-corrected chi connectivity index (χ4v) is 4.70. The minimum atomic E-state index is 0.258. The third kappa shape index (κ3) is 5.03. The highest BCUT2D eigenvalue weighted by atomic mass is 15.4. The lowest BCUT2D eigenvalue weighted by atomic mass is 9.80. The van der Waals surface area contributed by atoms with Gasteiger partial charge in [-0.05, 0) is 43.5 Å². The summed E-state index contributed by atoms with van der Waals surface area (Å²) in [5, 5.41) is 0. The van der Waals surface area contributed by atoms with E-state index in [1.54, 1.807) is 0 Å². The first kappa shape index (κ1) is 19.7. The van der Waals surface area contributed by atoms with Crippen LogP contribution >= 0.6 is 0 Å². The van der Waals surface area contributed by atoms with E-state index in [0.717, 1.165) is 26.2 Å². The largest absolute Gasteiger partial charge is 0.299 e. The summed E-state index contributed by atoms with van der Waals surface area (Å²) in [4.78, 5) is 9.89. The van der Waals surface area contributed by atoms with Crippen LogP contribution < -0.4 is 10.9 Å². The summed E-state index contributed by atoms with van der Waals surface area (Å²) < 4.78 is 0. The first-order valence-corrected chi connectivity index (χ1v) is 10.3. The topological polar surface area (TPSA) is 43.4 Å². The number of hydrogen-bond donors (Lipinski definition) is 2. The molecule has 0 aliphatic carbocycles. The maximum Gasteiger partial charge on any atom is 0.0543 e. The number of pyridine rings is 1. The van der Waals surface area contributed by atoms with Gasteiger partial charge in [0, 0.05) is 50.4 Å². The maximum absolute atomic E-state index is 4.59. The number of nitrogens with zero attached hydrogens (tertiary/aromatic N) is 3. The summed E-state index contributed by atoms with van der Waals surface area (Å²) in [6.07, 6.45) is 4.58. The number of aromatic nitrogens is 1. The SMILES string of the molecule is CCN1CCCC1CN(Cc1ccccn1)CC1CNNC1C(C)(C)C. The molecule has 3 heterocycles. The van der Waals surface area contributed by atoms with Crippen LogP contribution in [0.2, 0.25) is 0 Å². The predicted octanol–water partition coefficient (Wildman–Crippen LogP) is 2.51. The number of hydrazine groups is 1. The molecule has 5 heteroatoms. The Hall–Kier alpha value is -1.01. The van der Waals surface area contributed by atoms with E-state index in [0.29, 0.717) is 18.0 Å². The Labute approximate surface area is 159 Å². The summed E-state index contributed by atoms with van der Waals surface area (Å²) in [6, 6.07) is 7.46. The fraction of sp³-hybridized carbons (Fsp3) is 0.762. The van der Waals surface area contributed by atoms with Gasteiger partial charge in [0.05, 0.1) is 5.69 Å². The maximum atomic E-state index is 4.59. The van der Waals surface area contributed by atoms with Crippen LogP contribution in [0.15, 0.2) is 24.4 Å². The molecule has 3 atom stereocenters. The van der Waals surface area contributed by atoms with Crippen molar-refractivity contribution in [1.29, 1.82) is 0 Å². The summed E-state index contributed by atoms with van der Waals surface area (Å²) in [5.74, 6) is 0.621. The highest BCUT2D eigenvalue weighted by Gasteiger charge is 2.37. The monoisotopic (exact) mass is 359 g/mol. The lowest BCUT2D eigenvalue weighted by molar-refractivity contribution is 0.133. The van der Waals surface area contributed by atoms with Crippen molar-refractivity contribution in [1.82, 2.24) is 25.6 Å². The van der Waals surface area contributed by atoms with Crippen molar-refractivity contribution in [3.63, 3.8) is 0 Å². The second-order valence-electron chi connectivity index (χ2n) is 9.07. The number of nitrogens with one attached hydrogen (secondary N) is 2. The third-order valence-corrected chi connectivity index (χ3v) is 6.00. The first-order chi connectivity index (χ1) is 12.5.